The maximum Gasteiger partial charge on any atom is 0.261 e. The molecule has 0 N–H and O–H groups in total. The number of aryl methyl sites for hydroxylation is 1. The van der Waals surface area contributed by atoms with Crippen molar-refractivity contribution in [3.05, 3.63) is 63.5 Å². The molecule has 118 valence electrons. The van der Waals surface area contributed by atoms with Crippen molar-refractivity contribution in [2.75, 3.05) is 6.54 Å². The van der Waals surface area contributed by atoms with Crippen molar-refractivity contribution in [1.29, 1.82) is 0 Å². The van der Waals surface area contributed by atoms with Crippen LogP contribution in [0.25, 0.3) is 0 Å². The largest absolute Gasteiger partial charge is 0.274 e. The fraction of sp³-hybridized carbons (Fsp3) is 0.316. The summed E-state index contributed by atoms with van der Waals surface area (Å²) in [5, 5.41) is 0. The molecule has 1 aliphatic heterocycles. The van der Waals surface area contributed by atoms with E-state index in [1.54, 1.807) is 24.3 Å². The molecule has 2 aromatic rings. The molecule has 0 unspecified atom stereocenters. The molecule has 4 nitrogen and oxygen atoms in total. The molecule has 0 saturated carbocycles. The number of hydrogen-bond acceptors (Lipinski definition) is 3. The van der Waals surface area contributed by atoms with Gasteiger partial charge in [0.1, 0.15) is 0 Å². The zero-order valence-corrected chi connectivity index (χ0v) is 13.9. The molecule has 0 spiro atoms. The van der Waals surface area contributed by atoms with Crippen LogP contribution < -0.4 is 0 Å². The Morgan fingerprint density at radius 1 is 0.870 bits per heavy atom. The Labute approximate surface area is 136 Å². The highest BCUT2D eigenvalue weighted by atomic mass is 16.2. The van der Waals surface area contributed by atoms with Crippen LogP contribution in [0.1, 0.15) is 48.8 Å². The summed E-state index contributed by atoms with van der Waals surface area (Å²) in [6, 6.07) is 6.98. The number of carbonyl (C=O) groups is 2. The molecule has 1 aromatic heterocycles. The number of benzene rings is 1. The van der Waals surface area contributed by atoms with E-state index in [1.165, 1.54) is 16.0 Å². The maximum absolute atomic E-state index is 12.4. The van der Waals surface area contributed by atoms with Crippen molar-refractivity contribution < 1.29 is 9.59 Å². The highest BCUT2D eigenvalue weighted by Crippen LogP contribution is 2.24. The van der Waals surface area contributed by atoms with E-state index in [0.717, 1.165) is 17.0 Å². The number of nitrogens with zero attached hydrogens (tertiary/aromatic N) is 2. The molecule has 2 heterocycles. The third-order valence-corrected chi connectivity index (χ3v) is 4.85. The third kappa shape index (κ3) is 2.44. The normalized spacial score (nSPS) is 13.7. The minimum atomic E-state index is -0.205. The molecule has 1 aromatic carbocycles. The second kappa shape index (κ2) is 5.61. The van der Waals surface area contributed by atoms with Gasteiger partial charge in [-0.3, -0.25) is 19.5 Å². The Morgan fingerprint density at radius 2 is 1.43 bits per heavy atom. The van der Waals surface area contributed by atoms with Crippen LogP contribution in [-0.2, 0) is 6.42 Å². The Hall–Kier alpha value is -2.49. The summed E-state index contributed by atoms with van der Waals surface area (Å²) >= 11 is 0. The standard InChI is InChI=1S/C19H20N2O2/c1-11-12(2)14(4)20-17(13(11)3)9-10-21-18(22)15-7-5-6-8-16(15)19(21)23/h5-8H,9-10H2,1-4H3. The summed E-state index contributed by atoms with van der Waals surface area (Å²) in [7, 11) is 0. The van der Waals surface area contributed by atoms with Crippen LogP contribution in [0.4, 0.5) is 0 Å². The van der Waals surface area contributed by atoms with Crippen molar-refractivity contribution in [1.82, 2.24) is 9.88 Å². The van der Waals surface area contributed by atoms with Gasteiger partial charge >= 0.3 is 0 Å². The smallest absolute Gasteiger partial charge is 0.261 e. The van der Waals surface area contributed by atoms with Crippen LogP contribution in [-0.4, -0.2) is 28.2 Å². The Kier molecular flexibility index (Phi) is 3.76. The molecule has 0 bridgehead atoms. The van der Waals surface area contributed by atoms with E-state index in [2.05, 4.69) is 18.8 Å². The summed E-state index contributed by atoms with van der Waals surface area (Å²) in [6.07, 6.45) is 0.583. The predicted molar refractivity (Wildman–Crippen MR) is 88.7 cm³/mol. The molecular formula is C19H20N2O2. The molecule has 0 aliphatic carbocycles. The Morgan fingerprint density at radius 3 is 2.00 bits per heavy atom. The summed E-state index contributed by atoms with van der Waals surface area (Å²) in [6.45, 7) is 8.56. The molecule has 0 saturated heterocycles. The van der Waals surface area contributed by atoms with Crippen molar-refractivity contribution in [3.63, 3.8) is 0 Å². The topological polar surface area (TPSA) is 50.3 Å². The fourth-order valence-electron chi connectivity index (χ4n) is 3.04. The lowest BCUT2D eigenvalue weighted by Gasteiger charge is -2.17. The number of carbonyl (C=O) groups excluding carboxylic acids is 2. The van der Waals surface area contributed by atoms with Crippen LogP contribution in [0, 0.1) is 27.7 Å². The number of aromatic nitrogens is 1. The SMILES string of the molecule is Cc1nc(CCN2C(=O)c3ccccc3C2=O)c(C)c(C)c1C. The zero-order chi connectivity index (χ0) is 16.7. The quantitative estimate of drug-likeness (QED) is 0.818. The highest BCUT2D eigenvalue weighted by molar-refractivity contribution is 6.21. The summed E-state index contributed by atoms with van der Waals surface area (Å²) in [5.74, 6) is -0.410. The van der Waals surface area contributed by atoms with Gasteiger partial charge in [-0.15, -0.1) is 0 Å². The number of imide groups is 1. The van der Waals surface area contributed by atoms with E-state index in [-0.39, 0.29) is 11.8 Å². The maximum atomic E-state index is 12.4. The van der Waals surface area contributed by atoms with E-state index in [4.69, 9.17) is 0 Å². The van der Waals surface area contributed by atoms with Gasteiger partial charge in [-0.2, -0.15) is 0 Å². The van der Waals surface area contributed by atoms with Gasteiger partial charge in [0.2, 0.25) is 0 Å². The lowest BCUT2D eigenvalue weighted by Crippen LogP contribution is -2.32. The predicted octanol–water partition coefficient (Wildman–Crippen LogP) is 3.15. The van der Waals surface area contributed by atoms with Crippen molar-refractivity contribution in [2.24, 2.45) is 0 Å². The third-order valence-electron chi connectivity index (χ3n) is 4.85. The molecule has 0 atom stereocenters. The first-order valence-corrected chi connectivity index (χ1v) is 7.80. The van der Waals surface area contributed by atoms with Crippen LogP contribution in [0.15, 0.2) is 24.3 Å². The molecule has 23 heavy (non-hydrogen) atoms. The van der Waals surface area contributed by atoms with Gasteiger partial charge in [0, 0.05) is 24.4 Å². The van der Waals surface area contributed by atoms with Crippen LogP contribution >= 0.6 is 0 Å². The average Bonchev–Trinajstić information content (AvgIpc) is 2.80. The van der Waals surface area contributed by atoms with Gasteiger partial charge in [-0.1, -0.05) is 12.1 Å². The van der Waals surface area contributed by atoms with Crippen LogP contribution in [0.3, 0.4) is 0 Å². The second-order valence-corrected chi connectivity index (χ2v) is 6.08. The molecule has 3 rings (SSSR count). The van der Waals surface area contributed by atoms with Crippen molar-refractivity contribution in [2.45, 2.75) is 34.1 Å². The van der Waals surface area contributed by atoms with Gasteiger partial charge in [-0.25, -0.2) is 0 Å². The van der Waals surface area contributed by atoms with Crippen LogP contribution in [0.2, 0.25) is 0 Å². The molecule has 0 radical (unpaired) electrons. The molecule has 4 heteroatoms. The van der Waals surface area contributed by atoms with Gasteiger partial charge in [0.15, 0.2) is 0 Å². The average molecular weight is 308 g/mol. The van der Waals surface area contributed by atoms with E-state index in [9.17, 15) is 9.59 Å². The number of amides is 2. The number of hydrogen-bond donors (Lipinski definition) is 0. The summed E-state index contributed by atoms with van der Waals surface area (Å²) in [5.41, 5.74) is 6.54. The highest BCUT2D eigenvalue weighted by Gasteiger charge is 2.34. The number of pyridine rings is 1. The monoisotopic (exact) mass is 308 g/mol. The first-order chi connectivity index (χ1) is 10.9. The zero-order valence-electron chi connectivity index (χ0n) is 13.9. The molecule has 2 amide bonds. The Bertz CT molecular complexity index is 789. The number of rotatable bonds is 3. The van der Waals surface area contributed by atoms with E-state index >= 15 is 0 Å². The van der Waals surface area contributed by atoms with E-state index in [1.807, 2.05) is 13.8 Å². The Balaban J connectivity index is 1.83. The first kappa shape index (κ1) is 15.4. The lowest BCUT2D eigenvalue weighted by molar-refractivity contribution is 0.0655. The summed E-state index contributed by atoms with van der Waals surface area (Å²) in [4.78, 5) is 30.7. The van der Waals surface area contributed by atoms with Gasteiger partial charge in [0.05, 0.1) is 11.1 Å². The molecule has 0 fully saturated rings. The molecule has 1 aliphatic rings. The van der Waals surface area contributed by atoms with Crippen LogP contribution in [0.5, 0.6) is 0 Å². The van der Waals surface area contributed by atoms with Gasteiger partial charge < -0.3 is 0 Å². The van der Waals surface area contributed by atoms with Gasteiger partial charge in [0.25, 0.3) is 11.8 Å². The first-order valence-electron chi connectivity index (χ1n) is 7.80. The minimum absolute atomic E-state index is 0.205. The van der Waals surface area contributed by atoms with Crippen molar-refractivity contribution in [3.8, 4) is 0 Å². The van der Waals surface area contributed by atoms with Gasteiger partial charge in [-0.05, 0) is 56.5 Å². The van der Waals surface area contributed by atoms with E-state index in [0.29, 0.717) is 24.1 Å². The fourth-order valence-corrected chi connectivity index (χ4v) is 3.04. The second-order valence-electron chi connectivity index (χ2n) is 6.08. The van der Waals surface area contributed by atoms with E-state index < -0.39 is 0 Å². The minimum Gasteiger partial charge on any atom is -0.274 e. The molecular weight excluding hydrogens is 288 g/mol. The summed E-state index contributed by atoms with van der Waals surface area (Å²) < 4.78 is 0. The number of fused-ring (bicyclic) bond motifs is 1. The van der Waals surface area contributed by atoms with Crippen molar-refractivity contribution >= 4 is 11.8 Å². The lowest BCUT2D eigenvalue weighted by atomic mass is 10.0.